The largest absolute Gasteiger partial charge is 0.382 e. The van der Waals surface area contributed by atoms with E-state index in [1.165, 1.54) is 12.4 Å². The Morgan fingerprint density at radius 1 is 1.20 bits per heavy atom. The van der Waals surface area contributed by atoms with Gasteiger partial charge in [-0.15, -0.1) is 0 Å². The molecule has 2 aromatic heterocycles. The van der Waals surface area contributed by atoms with Crippen LogP contribution in [0.3, 0.4) is 0 Å². The molecular weight excluding hydrogens is 316 g/mol. The predicted molar refractivity (Wildman–Crippen MR) is 94.0 cm³/mol. The van der Waals surface area contributed by atoms with Gasteiger partial charge < -0.3 is 10.5 Å². The van der Waals surface area contributed by atoms with Crippen molar-refractivity contribution in [3.63, 3.8) is 0 Å². The molecule has 6 nitrogen and oxygen atoms in total. The van der Waals surface area contributed by atoms with Gasteiger partial charge in [0.1, 0.15) is 6.29 Å². The Labute approximate surface area is 144 Å². The van der Waals surface area contributed by atoms with E-state index in [0.717, 1.165) is 17.4 Å². The minimum absolute atomic E-state index is 0.0648. The lowest BCUT2D eigenvalue weighted by Gasteiger charge is -2.09. The number of pyridine rings is 1. The fourth-order valence-electron chi connectivity index (χ4n) is 2.40. The van der Waals surface area contributed by atoms with Crippen molar-refractivity contribution < 1.29 is 9.59 Å². The van der Waals surface area contributed by atoms with Gasteiger partial charge in [-0.2, -0.15) is 0 Å². The lowest BCUT2D eigenvalue weighted by atomic mass is 9.99. The average molecular weight is 332 g/mol. The molecule has 6 heteroatoms. The van der Waals surface area contributed by atoms with Crippen LogP contribution in [-0.4, -0.2) is 27.0 Å². The van der Waals surface area contributed by atoms with E-state index >= 15 is 0 Å². The van der Waals surface area contributed by atoms with Gasteiger partial charge in [0.25, 0.3) is 0 Å². The number of ketones is 1. The maximum Gasteiger partial charge on any atom is 0.216 e. The van der Waals surface area contributed by atoms with E-state index in [1.807, 2.05) is 31.2 Å². The molecule has 0 saturated heterocycles. The normalized spacial score (nSPS) is 11.7. The number of nitrogen functional groups attached to an aromatic ring is 1. The number of benzene rings is 1. The number of anilines is 1. The highest BCUT2D eigenvalue weighted by molar-refractivity contribution is 6.10. The van der Waals surface area contributed by atoms with Crippen molar-refractivity contribution in [2.24, 2.45) is 0 Å². The third-order valence-corrected chi connectivity index (χ3v) is 3.85. The van der Waals surface area contributed by atoms with Crippen LogP contribution >= 0.6 is 0 Å². The summed E-state index contributed by atoms with van der Waals surface area (Å²) in [6.07, 6.45) is 5.44. The summed E-state index contributed by atoms with van der Waals surface area (Å²) in [4.78, 5) is 36.0. The molecule has 1 unspecified atom stereocenters. The Morgan fingerprint density at radius 2 is 2.04 bits per heavy atom. The number of nitrogens with zero attached hydrogens (tertiary/aromatic N) is 3. The number of aldehydes is 1. The first-order valence-electron chi connectivity index (χ1n) is 7.73. The van der Waals surface area contributed by atoms with Gasteiger partial charge in [-0.25, -0.2) is 9.97 Å². The first kappa shape index (κ1) is 16.4. The van der Waals surface area contributed by atoms with E-state index in [1.54, 1.807) is 18.3 Å². The zero-order valence-electron chi connectivity index (χ0n) is 13.6. The summed E-state index contributed by atoms with van der Waals surface area (Å²) in [5.74, 6) is -0.495. The Bertz CT molecular complexity index is 926. The molecule has 0 aliphatic rings. The van der Waals surface area contributed by atoms with Crippen molar-refractivity contribution in [1.29, 1.82) is 0 Å². The number of rotatable bonds is 5. The summed E-state index contributed by atoms with van der Waals surface area (Å²) >= 11 is 0. The van der Waals surface area contributed by atoms with Crippen LogP contribution in [0.4, 0.5) is 5.82 Å². The van der Waals surface area contributed by atoms with Crippen LogP contribution in [0.5, 0.6) is 0 Å². The quantitative estimate of drug-likeness (QED) is 0.569. The van der Waals surface area contributed by atoms with Crippen LogP contribution in [0, 0.1) is 0 Å². The lowest BCUT2D eigenvalue weighted by Crippen LogP contribution is -2.10. The standard InChI is InChI=1S/C19H16N4O2/c1-12(11-24)13-4-2-5-14(8-13)16-10-22-19(20)17(23-16)18(25)15-6-3-7-21-9-15/h2-12H,1H3,(H2,20,22). The van der Waals surface area contributed by atoms with E-state index in [9.17, 15) is 9.59 Å². The first-order chi connectivity index (χ1) is 12.1. The first-order valence-corrected chi connectivity index (χ1v) is 7.73. The highest BCUT2D eigenvalue weighted by Crippen LogP contribution is 2.23. The molecule has 0 fully saturated rings. The van der Waals surface area contributed by atoms with Crippen molar-refractivity contribution in [3.8, 4) is 11.3 Å². The number of hydrogen-bond donors (Lipinski definition) is 1. The molecule has 0 spiro atoms. The number of hydrogen-bond acceptors (Lipinski definition) is 6. The van der Waals surface area contributed by atoms with Crippen molar-refractivity contribution in [2.45, 2.75) is 12.8 Å². The summed E-state index contributed by atoms with van der Waals surface area (Å²) in [5, 5.41) is 0. The second-order valence-electron chi connectivity index (χ2n) is 5.61. The fourth-order valence-corrected chi connectivity index (χ4v) is 2.40. The zero-order chi connectivity index (χ0) is 17.8. The van der Waals surface area contributed by atoms with Crippen molar-refractivity contribution in [2.75, 3.05) is 5.73 Å². The van der Waals surface area contributed by atoms with E-state index in [0.29, 0.717) is 11.3 Å². The Balaban J connectivity index is 2.03. The van der Waals surface area contributed by atoms with Gasteiger partial charge in [0.05, 0.1) is 11.9 Å². The number of aromatic nitrogens is 3. The number of nitrogens with two attached hydrogens (primary N) is 1. The smallest absolute Gasteiger partial charge is 0.216 e. The van der Waals surface area contributed by atoms with Crippen LogP contribution < -0.4 is 5.73 Å². The monoisotopic (exact) mass is 332 g/mol. The number of carbonyl (C=O) groups is 2. The maximum absolute atomic E-state index is 12.6. The predicted octanol–water partition coefficient (Wildman–Crippen LogP) is 2.65. The Hall–Kier alpha value is -3.41. The minimum atomic E-state index is -0.336. The molecule has 3 aromatic rings. The van der Waals surface area contributed by atoms with Crippen molar-refractivity contribution >= 4 is 17.9 Å². The van der Waals surface area contributed by atoms with Crippen molar-refractivity contribution in [3.05, 3.63) is 71.8 Å². The third kappa shape index (κ3) is 3.42. The van der Waals surface area contributed by atoms with Crippen LogP contribution in [0.2, 0.25) is 0 Å². The van der Waals surface area contributed by atoms with E-state index in [4.69, 9.17) is 5.73 Å². The molecule has 124 valence electrons. The van der Waals surface area contributed by atoms with Crippen LogP contribution in [0.15, 0.2) is 55.0 Å². The highest BCUT2D eigenvalue weighted by atomic mass is 16.1. The molecule has 2 N–H and O–H groups in total. The Morgan fingerprint density at radius 3 is 2.76 bits per heavy atom. The van der Waals surface area contributed by atoms with Gasteiger partial charge in [0.15, 0.2) is 11.5 Å². The summed E-state index contributed by atoms with van der Waals surface area (Å²) in [6.45, 7) is 1.82. The van der Waals surface area contributed by atoms with Gasteiger partial charge >= 0.3 is 0 Å². The summed E-state index contributed by atoms with van der Waals surface area (Å²) < 4.78 is 0. The molecule has 0 aliphatic carbocycles. The minimum Gasteiger partial charge on any atom is -0.382 e. The van der Waals surface area contributed by atoms with Crippen LogP contribution in [0.1, 0.15) is 34.5 Å². The van der Waals surface area contributed by atoms with Gasteiger partial charge in [-0.05, 0) is 23.8 Å². The average Bonchev–Trinajstić information content (AvgIpc) is 2.68. The number of carbonyl (C=O) groups excluding carboxylic acids is 2. The maximum atomic E-state index is 12.6. The summed E-state index contributed by atoms with van der Waals surface area (Å²) in [5.41, 5.74) is 8.46. The van der Waals surface area contributed by atoms with E-state index in [2.05, 4.69) is 15.0 Å². The van der Waals surface area contributed by atoms with Gasteiger partial charge in [-0.3, -0.25) is 9.78 Å². The topological polar surface area (TPSA) is 98.8 Å². The summed E-state index contributed by atoms with van der Waals surface area (Å²) in [6, 6.07) is 10.7. The molecular formula is C19H16N4O2. The molecule has 25 heavy (non-hydrogen) atoms. The SMILES string of the molecule is CC(C=O)c1cccc(-c2cnc(N)c(C(=O)c3cccnc3)n2)c1. The lowest BCUT2D eigenvalue weighted by molar-refractivity contribution is -0.108. The van der Waals surface area contributed by atoms with E-state index < -0.39 is 0 Å². The second-order valence-corrected chi connectivity index (χ2v) is 5.61. The molecule has 1 aromatic carbocycles. The molecule has 0 bridgehead atoms. The van der Waals surface area contributed by atoms with Crippen molar-refractivity contribution in [1.82, 2.24) is 15.0 Å². The molecule has 0 saturated carbocycles. The summed E-state index contributed by atoms with van der Waals surface area (Å²) in [7, 11) is 0. The molecule has 0 radical (unpaired) electrons. The van der Waals surface area contributed by atoms with Crippen LogP contribution in [-0.2, 0) is 4.79 Å². The highest BCUT2D eigenvalue weighted by Gasteiger charge is 2.17. The molecule has 3 rings (SSSR count). The van der Waals surface area contributed by atoms with Crippen LogP contribution in [0.25, 0.3) is 11.3 Å². The zero-order valence-corrected chi connectivity index (χ0v) is 13.6. The van der Waals surface area contributed by atoms with Gasteiger partial charge in [-0.1, -0.05) is 25.1 Å². The van der Waals surface area contributed by atoms with E-state index in [-0.39, 0.29) is 23.2 Å². The van der Waals surface area contributed by atoms with Gasteiger partial charge in [0, 0.05) is 29.4 Å². The second kappa shape index (κ2) is 7.00. The molecule has 0 aliphatic heterocycles. The molecule has 1 atom stereocenters. The fraction of sp³-hybridized carbons (Fsp3) is 0.105. The van der Waals surface area contributed by atoms with Gasteiger partial charge in [0.2, 0.25) is 5.78 Å². The Kier molecular flexibility index (Phi) is 4.61. The third-order valence-electron chi connectivity index (χ3n) is 3.85. The molecule has 2 heterocycles. The molecule has 0 amide bonds.